The molecule has 1 aromatic rings. The fourth-order valence-electron chi connectivity index (χ4n) is 4.68. The minimum Gasteiger partial charge on any atom is -0.385 e. The monoisotopic (exact) mass is 398 g/mol. The number of oxime groups is 1. The number of hydrogen-bond donors (Lipinski definition) is 1. The van der Waals surface area contributed by atoms with Crippen LogP contribution in [0, 0.1) is 12.8 Å². The Morgan fingerprint density at radius 2 is 1.97 bits per heavy atom. The van der Waals surface area contributed by atoms with Crippen LogP contribution in [0.4, 0.5) is 5.95 Å². The van der Waals surface area contributed by atoms with Crippen LogP contribution < -0.4 is 10.2 Å². The first-order valence-corrected chi connectivity index (χ1v) is 10.9. The fourth-order valence-corrected chi connectivity index (χ4v) is 4.68. The molecule has 0 bridgehead atoms. The number of aromatic nitrogens is 2. The molecule has 5 rings (SSSR count). The zero-order valence-electron chi connectivity index (χ0n) is 17.1. The van der Waals surface area contributed by atoms with Gasteiger partial charge in [-0.25, -0.2) is 9.97 Å². The molecule has 8 heteroatoms. The fraction of sp³-hybridized carbons (Fsp3) is 0.714. The van der Waals surface area contributed by atoms with E-state index < -0.39 is 5.60 Å². The van der Waals surface area contributed by atoms with Crippen molar-refractivity contribution in [3.63, 3.8) is 0 Å². The summed E-state index contributed by atoms with van der Waals surface area (Å²) in [5.74, 6) is 1.56. The molecule has 156 valence electrons. The SMILES string of the molecule is Cc1cnc(N2CC[C@H](NCC3CC3)[C@@]3(CC(C(=O)N4CCCC4)=NO3)C2)nc1. The number of likely N-dealkylation sites (tertiary alicyclic amines) is 1. The average molecular weight is 399 g/mol. The standard InChI is InChI=1S/C21H30N6O2/c1-15-11-23-20(24-12-15)27-9-6-18(22-13-16-4-5-16)21(14-27)10-17(25-29-21)19(28)26-7-2-3-8-26/h11-12,16,18,22H,2-10,13-14H2,1H3/t18-,21+/m0/s1. The van der Waals surface area contributed by atoms with E-state index in [1.54, 1.807) is 0 Å². The lowest BCUT2D eigenvalue weighted by Gasteiger charge is -2.44. The summed E-state index contributed by atoms with van der Waals surface area (Å²) in [6, 6.07) is 0.178. The third-order valence-corrected chi connectivity index (χ3v) is 6.63. The zero-order valence-corrected chi connectivity index (χ0v) is 17.1. The second kappa shape index (κ2) is 7.55. The van der Waals surface area contributed by atoms with Crippen LogP contribution in [0.25, 0.3) is 0 Å². The van der Waals surface area contributed by atoms with Gasteiger partial charge in [-0.2, -0.15) is 0 Å². The van der Waals surface area contributed by atoms with Crippen LogP contribution >= 0.6 is 0 Å². The maximum Gasteiger partial charge on any atom is 0.271 e. The van der Waals surface area contributed by atoms with Crippen LogP contribution in [0.1, 0.15) is 44.1 Å². The molecule has 1 spiro atoms. The number of carbonyl (C=O) groups excluding carboxylic acids is 1. The Hall–Kier alpha value is -2.22. The molecule has 1 N–H and O–H groups in total. The van der Waals surface area contributed by atoms with Gasteiger partial charge in [-0.3, -0.25) is 4.79 Å². The predicted octanol–water partition coefficient (Wildman–Crippen LogP) is 1.50. The summed E-state index contributed by atoms with van der Waals surface area (Å²) in [5, 5.41) is 8.05. The van der Waals surface area contributed by atoms with Gasteiger partial charge in [0.25, 0.3) is 5.91 Å². The first kappa shape index (κ1) is 18.8. The van der Waals surface area contributed by atoms with Crippen molar-refractivity contribution >= 4 is 17.6 Å². The molecule has 8 nitrogen and oxygen atoms in total. The number of nitrogens with one attached hydrogen (secondary N) is 1. The highest BCUT2D eigenvalue weighted by atomic mass is 16.7. The highest BCUT2D eigenvalue weighted by Gasteiger charge is 2.52. The van der Waals surface area contributed by atoms with Crippen LogP contribution in [0.15, 0.2) is 17.5 Å². The Morgan fingerprint density at radius 3 is 2.69 bits per heavy atom. The van der Waals surface area contributed by atoms with E-state index in [1.165, 1.54) is 12.8 Å². The van der Waals surface area contributed by atoms with Gasteiger partial charge in [0.2, 0.25) is 5.95 Å². The van der Waals surface area contributed by atoms with Crippen LogP contribution in [0.5, 0.6) is 0 Å². The second-order valence-electron chi connectivity index (χ2n) is 9.04. The lowest BCUT2D eigenvalue weighted by atomic mass is 9.83. The van der Waals surface area contributed by atoms with Gasteiger partial charge in [-0.15, -0.1) is 0 Å². The molecule has 4 aliphatic rings. The van der Waals surface area contributed by atoms with E-state index in [0.29, 0.717) is 18.7 Å². The first-order chi connectivity index (χ1) is 14.1. The Kier molecular flexibility index (Phi) is 4.89. The molecule has 0 radical (unpaired) electrons. The third kappa shape index (κ3) is 3.82. The van der Waals surface area contributed by atoms with Crippen molar-refractivity contribution in [3.05, 3.63) is 18.0 Å². The van der Waals surface area contributed by atoms with E-state index >= 15 is 0 Å². The molecule has 0 unspecified atom stereocenters. The van der Waals surface area contributed by atoms with Gasteiger partial charge in [0.15, 0.2) is 5.60 Å². The Morgan fingerprint density at radius 1 is 1.21 bits per heavy atom. The van der Waals surface area contributed by atoms with Gasteiger partial charge < -0.3 is 20.0 Å². The number of nitrogens with zero attached hydrogens (tertiary/aromatic N) is 5. The lowest BCUT2D eigenvalue weighted by molar-refractivity contribution is -0.123. The molecule has 0 aromatic carbocycles. The molecule has 1 aliphatic carbocycles. The normalized spacial score (nSPS) is 29.3. The van der Waals surface area contributed by atoms with Crippen molar-refractivity contribution in [1.29, 1.82) is 0 Å². The van der Waals surface area contributed by atoms with Gasteiger partial charge >= 0.3 is 0 Å². The molecule has 1 saturated carbocycles. The van der Waals surface area contributed by atoms with E-state index in [4.69, 9.17) is 4.84 Å². The molecule has 3 fully saturated rings. The molecular weight excluding hydrogens is 368 g/mol. The van der Waals surface area contributed by atoms with Crippen LogP contribution in [-0.2, 0) is 9.63 Å². The maximum atomic E-state index is 12.9. The number of rotatable bonds is 5. The van der Waals surface area contributed by atoms with Crippen LogP contribution in [-0.4, -0.2) is 70.9 Å². The van der Waals surface area contributed by atoms with Gasteiger partial charge in [-0.05, 0) is 57.1 Å². The maximum absolute atomic E-state index is 12.9. The number of hydrogen-bond acceptors (Lipinski definition) is 7. The van der Waals surface area contributed by atoms with Crippen LogP contribution in [0.3, 0.4) is 0 Å². The molecule has 1 aromatic heterocycles. The quantitative estimate of drug-likeness (QED) is 0.809. The lowest BCUT2D eigenvalue weighted by Crippen LogP contribution is -2.62. The number of piperidine rings is 1. The van der Waals surface area contributed by atoms with E-state index in [9.17, 15) is 4.79 Å². The summed E-state index contributed by atoms with van der Waals surface area (Å²) in [4.78, 5) is 32.1. The number of anilines is 1. The van der Waals surface area contributed by atoms with E-state index in [2.05, 4.69) is 25.3 Å². The third-order valence-electron chi connectivity index (χ3n) is 6.63. The topological polar surface area (TPSA) is 83.0 Å². The van der Waals surface area contributed by atoms with Gasteiger partial charge in [0, 0.05) is 38.4 Å². The number of amides is 1. The Bertz CT molecular complexity index is 787. The molecule has 29 heavy (non-hydrogen) atoms. The van der Waals surface area contributed by atoms with Crippen LogP contribution in [0.2, 0.25) is 0 Å². The van der Waals surface area contributed by atoms with E-state index in [1.807, 2.05) is 24.2 Å². The van der Waals surface area contributed by atoms with Crippen molar-refractivity contribution in [3.8, 4) is 0 Å². The Labute approximate surface area is 171 Å². The van der Waals surface area contributed by atoms with E-state index in [0.717, 1.165) is 62.9 Å². The summed E-state index contributed by atoms with van der Waals surface area (Å²) in [7, 11) is 0. The zero-order chi connectivity index (χ0) is 19.8. The number of carbonyl (C=O) groups is 1. The minimum atomic E-state index is -0.536. The Balaban J connectivity index is 1.33. The summed E-state index contributed by atoms with van der Waals surface area (Å²) >= 11 is 0. The second-order valence-corrected chi connectivity index (χ2v) is 9.04. The van der Waals surface area contributed by atoms with Gasteiger partial charge in [-0.1, -0.05) is 5.16 Å². The van der Waals surface area contributed by atoms with Crippen molar-refractivity contribution in [2.75, 3.05) is 37.6 Å². The highest BCUT2D eigenvalue weighted by molar-refractivity contribution is 6.39. The van der Waals surface area contributed by atoms with Gasteiger partial charge in [0.1, 0.15) is 5.71 Å². The smallest absolute Gasteiger partial charge is 0.271 e. The average Bonchev–Trinajstić information content (AvgIpc) is 3.22. The van der Waals surface area contributed by atoms with Crippen molar-refractivity contribution in [2.45, 2.75) is 57.1 Å². The molecule has 2 saturated heterocycles. The summed E-state index contributed by atoms with van der Waals surface area (Å²) in [6.45, 7) is 6.18. The van der Waals surface area contributed by atoms with Crippen molar-refractivity contribution < 1.29 is 9.63 Å². The van der Waals surface area contributed by atoms with E-state index in [-0.39, 0.29) is 11.9 Å². The van der Waals surface area contributed by atoms with Crippen molar-refractivity contribution in [2.24, 2.45) is 11.1 Å². The highest BCUT2D eigenvalue weighted by Crippen LogP contribution is 2.36. The molecule has 4 heterocycles. The molecule has 2 atom stereocenters. The van der Waals surface area contributed by atoms with Gasteiger partial charge in [0.05, 0.1) is 12.6 Å². The summed E-state index contributed by atoms with van der Waals surface area (Å²) < 4.78 is 0. The molecular formula is C21H30N6O2. The summed E-state index contributed by atoms with van der Waals surface area (Å²) in [6.07, 6.45) is 9.95. The van der Waals surface area contributed by atoms with Crippen molar-refractivity contribution in [1.82, 2.24) is 20.2 Å². The largest absolute Gasteiger partial charge is 0.385 e. The first-order valence-electron chi connectivity index (χ1n) is 10.9. The number of aryl methyl sites for hydroxylation is 1. The predicted molar refractivity (Wildman–Crippen MR) is 110 cm³/mol. The minimum absolute atomic E-state index is 0.0454. The molecule has 3 aliphatic heterocycles. The summed E-state index contributed by atoms with van der Waals surface area (Å²) in [5.41, 5.74) is 1.08. The molecule has 1 amide bonds.